The third kappa shape index (κ3) is 3.91. The van der Waals surface area contributed by atoms with Crippen molar-refractivity contribution in [2.45, 2.75) is 45.9 Å². The summed E-state index contributed by atoms with van der Waals surface area (Å²) < 4.78 is 7.63. The quantitative estimate of drug-likeness (QED) is 0.425. The minimum Gasteiger partial charge on any atom is -0.373 e. The van der Waals surface area contributed by atoms with Gasteiger partial charge in [0.1, 0.15) is 5.82 Å². The first-order valence-electron chi connectivity index (χ1n) is 12.1. The van der Waals surface area contributed by atoms with Crippen LogP contribution < -0.4 is 4.90 Å². The van der Waals surface area contributed by atoms with E-state index in [1.165, 1.54) is 5.56 Å². The van der Waals surface area contributed by atoms with Crippen molar-refractivity contribution in [2.75, 3.05) is 11.5 Å². The van der Waals surface area contributed by atoms with E-state index >= 15 is 0 Å². The first-order chi connectivity index (χ1) is 17.1. The number of benzene rings is 2. The molecule has 0 bridgehead atoms. The van der Waals surface area contributed by atoms with E-state index in [1.54, 1.807) is 11.1 Å². The SMILES string of the molecule is CC(C)c1ccccc1-c1ncc2c(n1)N(Cc1ccc(-c3cnn4c3COCC4)cc1)C(=O)C2. The minimum atomic E-state index is 0.0514. The molecule has 2 aliphatic heterocycles. The number of carbonyl (C=O) groups excluding carboxylic acids is 1. The molecule has 7 heteroatoms. The van der Waals surface area contributed by atoms with Gasteiger partial charge in [0.05, 0.1) is 44.6 Å². The third-order valence-corrected chi connectivity index (χ3v) is 6.80. The Balaban J connectivity index is 1.28. The molecule has 35 heavy (non-hydrogen) atoms. The van der Waals surface area contributed by atoms with Crippen molar-refractivity contribution in [3.63, 3.8) is 0 Å². The zero-order valence-corrected chi connectivity index (χ0v) is 19.9. The van der Waals surface area contributed by atoms with Crippen LogP contribution in [0.2, 0.25) is 0 Å². The van der Waals surface area contributed by atoms with Crippen molar-refractivity contribution in [1.29, 1.82) is 0 Å². The van der Waals surface area contributed by atoms with E-state index in [2.05, 4.69) is 60.3 Å². The summed E-state index contributed by atoms with van der Waals surface area (Å²) in [7, 11) is 0. The Hall–Kier alpha value is -3.84. The third-order valence-electron chi connectivity index (χ3n) is 6.80. The Morgan fingerprint density at radius 3 is 2.69 bits per heavy atom. The number of ether oxygens (including phenoxy) is 1. The van der Waals surface area contributed by atoms with Gasteiger partial charge < -0.3 is 4.74 Å². The van der Waals surface area contributed by atoms with Gasteiger partial charge in [-0.1, -0.05) is 62.4 Å². The highest BCUT2D eigenvalue weighted by molar-refractivity contribution is 6.00. The fraction of sp³-hybridized carbons (Fsp3) is 0.286. The van der Waals surface area contributed by atoms with Crippen LogP contribution in [0.1, 0.15) is 42.1 Å². The van der Waals surface area contributed by atoms with E-state index in [9.17, 15) is 4.79 Å². The maximum atomic E-state index is 12.9. The van der Waals surface area contributed by atoms with Gasteiger partial charge in [-0.15, -0.1) is 0 Å². The second-order valence-electron chi connectivity index (χ2n) is 9.42. The molecule has 4 heterocycles. The Labute approximate surface area is 204 Å². The molecule has 0 saturated carbocycles. The summed E-state index contributed by atoms with van der Waals surface area (Å²) in [4.78, 5) is 24.2. The van der Waals surface area contributed by atoms with Gasteiger partial charge in [0.25, 0.3) is 0 Å². The van der Waals surface area contributed by atoms with Crippen molar-refractivity contribution < 1.29 is 9.53 Å². The van der Waals surface area contributed by atoms with Crippen molar-refractivity contribution in [3.8, 4) is 22.5 Å². The Morgan fingerprint density at radius 2 is 1.86 bits per heavy atom. The van der Waals surface area contributed by atoms with Crippen molar-refractivity contribution in [1.82, 2.24) is 19.7 Å². The summed E-state index contributed by atoms with van der Waals surface area (Å²) in [6.45, 7) is 6.88. The van der Waals surface area contributed by atoms with Crippen molar-refractivity contribution in [3.05, 3.63) is 83.3 Å². The maximum absolute atomic E-state index is 12.9. The molecule has 0 radical (unpaired) electrons. The minimum absolute atomic E-state index is 0.0514. The smallest absolute Gasteiger partial charge is 0.233 e. The van der Waals surface area contributed by atoms with Gasteiger partial charge in [-0.2, -0.15) is 5.10 Å². The summed E-state index contributed by atoms with van der Waals surface area (Å²) in [5, 5.41) is 4.49. The highest BCUT2D eigenvalue weighted by Gasteiger charge is 2.30. The number of aromatic nitrogens is 4. The van der Waals surface area contributed by atoms with Crippen LogP contribution >= 0.6 is 0 Å². The Kier molecular flexibility index (Phi) is 5.41. The van der Waals surface area contributed by atoms with E-state index < -0.39 is 0 Å². The maximum Gasteiger partial charge on any atom is 0.233 e. The molecule has 2 aliphatic rings. The van der Waals surface area contributed by atoms with Gasteiger partial charge in [0, 0.05) is 22.9 Å². The molecule has 0 atom stereocenters. The second kappa shape index (κ2) is 8.74. The molecular weight excluding hydrogens is 438 g/mol. The molecule has 7 nitrogen and oxygen atoms in total. The average Bonchev–Trinajstić information content (AvgIpc) is 3.45. The molecule has 2 aromatic heterocycles. The van der Waals surface area contributed by atoms with Crippen LogP contribution in [0, 0.1) is 0 Å². The summed E-state index contributed by atoms with van der Waals surface area (Å²) in [6, 6.07) is 16.5. The molecule has 176 valence electrons. The predicted octanol–water partition coefficient (Wildman–Crippen LogP) is 4.75. The normalized spacial score (nSPS) is 14.9. The van der Waals surface area contributed by atoms with Crippen LogP contribution in [0.4, 0.5) is 5.82 Å². The average molecular weight is 466 g/mol. The van der Waals surface area contributed by atoms with Crippen LogP contribution in [0.5, 0.6) is 0 Å². The highest BCUT2D eigenvalue weighted by atomic mass is 16.5. The number of anilines is 1. The van der Waals surface area contributed by atoms with E-state index in [4.69, 9.17) is 9.72 Å². The molecular formula is C28H27N5O2. The predicted molar refractivity (Wildman–Crippen MR) is 134 cm³/mol. The van der Waals surface area contributed by atoms with E-state index in [0.29, 0.717) is 43.7 Å². The topological polar surface area (TPSA) is 73.1 Å². The lowest BCUT2D eigenvalue weighted by Gasteiger charge is -2.18. The zero-order chi connectivity index (χ0) is 23.9. The number of hydrogen-bond acceptors (Lipinski definition) is 5. The van der Waals surface area contributed by atoms with Gasteiger partial charge in [0.2, 0.25) is 5.91 Å². The van der Waals surface area contributed by atoms with Crippen LogP contribution in [-0.4, -0.2) is 32.3 Å². The highest BCUT2D eigenvalue weighted by Crippen LogP contribution is 2.33. The lowest BCUT2D eigenvalue weighted by molar-refractivity contribution is -0.117. The largest absolute Gasteiger partial charge is 0.373 e. The molecule has 0 saturated heterocycles. The first kappa shape index (κ1) is 21.7. The lowest BCUT2D eigenvalue weighted by Crippen LogP contribution is -2.26. The van der Waals surface area contributed by atoms with E-state index in [1.807, 2.05) is 23.0 Å². The molecule has 2 aromatic carbocycles. The zero-order valence-electron chi connectivity index (χ0n) is 19.9. The molecule has 6 rings (SSSR count). The van der Waals surface area contributed by atoms with Crippen LogP contribution in [-0.2, 0) is 35.6 Å². The number of fused-ring (bicyclic) bond motifs is 2. The number of amides is 1. The molecule has 0 spiro atoms. The molecule has 0 aliphatic carbocycles. The number of carbonyl (C=O) groups is 1. The summed E-state index contributed by atoms with van der Waals surface area (Å²) in [5.74, 6) is 1.78. The standard InChI is InChI=1S/C28H27N5O2/c1-18(2)22-5-3-4-6-23(22)27-29-14-21-13-26(34)32(28(21)31-27)16-19-7-9-20(10-8-19)24-15-30-33-11-12-35-17-25(24)33/h3-10,14-15,18H,11-13,16-17H2,1-2H3. The monoisotopic (exact) mass is 465 g/mol. The second-order valence-corrected chi connectivity index (χ2v) is 9.42. The number of rotatable bonds is 5. The lowest BCUT2D eigenvalue weighted by atomic mass is 9.97. The van der Waals surface area contributed by atoms with Crippen LogP contribution in [0.25, 0.3) is 22.5 Å². The summed E-state index contributed by atoms with van der Waals surface area (Å²) >= 11 is 0. The van der Waals surface area contributed by atoms with Crippen LogP contribution in [0.3, 0.4) is 0 Å². The Bertz CT molecular complexity index is 1410. The fourth-order valence-electron chi connectivity index (χ4n) is 4.92. The molecule has 4 aromatic rings. The van der Waals surface area contributed by atoms with E-state index in [0.717, 1.165) is 40.1 Å². The number of nitrogens with zero attached hydrogens (tertiary/aromatic N) is 5. The van der Waals surface area contributed by atoms with Gasteiger partial charge in [0.15, 0.2) is 5.82 Å². The van der Waals surface area contributed by atoms with Gasteiger partial charge in [-0.25, -0.2) is 9.97 Å². The van der Waals surface area contributed by atoms with Crippen LogP contribution in [0.15, 0.2) is 60.9 Å². The van der Waals surface area contributed by atoms with Gasteiger partial charge in [-0.3, -0.25) is 14.4 Å². The number of hydrogen-bond donors (Lipinski definition) is 0. The van der Waals surface area contributed by atoms with Crippen molar-refractivity contribution >= 4 is 11.7 Å². The molecule has 0 N–H and O–H groups in total. The fourth-order valence-corrected chi connectivity index (χ4v) is 4.92. The first-order valence-corrected chi connectivity index (χ1v) is 12.1. The van der Waals surface area contributed by atoms with Crippen molar-refractivity contribution in [2.24, 2.45) is 0 Å². The summed E-state index contributed by atoms with van der Waals surface area (Å²) in [6.07, 6.45) is 4.05. The molecule has 0 fully saturated rings. The van der Waals surface area contributed by atoms with Gasteiger partial charge >= 0.3 is 0 Å². The molecule has 1 amide bonds. The molecule has 0 unspecified atom stereocenters. The summed E-state index contributed by atoms with van der Waals surface area (Å²) in [5.41, 5.74) is 7.45. The van der Waals surface area contributed by atoms with Gasteiger partial charge in [-0.05, 0) is 22.6 Å². The van der Waals surface area contributed by atoms with E-state index in [-0.39, 0.29) is 5.91 Å². The Morgan fingerprint density at radius 1 is 1.03 bits per heavy atom.